The van der Waals surface area contributed by atoms with Crippen molar-refractivity contribution in [2.75, 3.05) is 33.7 Å². The number of carbonyl (C=O) groups excluding carboxylic acids is 1. The maximum absolute atomic E-state index is 11.5. The van der Waals surface area contributed by atoms with Crippen LogP contribution in [0.15, 0.2) is 0 Å². The first-order valence-corrected chi connectivity index (χ1v) is 5.00. The van der Waals surface area contributed by atoms with E-state index in [4.69, 9.17) is 0 Å². The van der Waals surface area contributed by atoms with Crippen molar-refractivity contribution in [3.63, 3.8) is 0 Å². The molecule has 0 N–H and O–H groups in total. The maximum atomic E-state index is 11.5. The van der Waals surface area contributed by atoms with Crippen LogP contribution in [0, 0.1) is 17.8 Å². The Morgan fingerprint density at radius 2 is 2.21 bits per heavy atom. The third-order valence-electron chi connectivity index (χ3n) is 2.36. The number of rotatable bonds is 2. The van der Waals surface area contributed by atoms with Gasteiger partial charge in [0.2, 0.25) is 5.91 Å². The number of hydrogen-bond acceptors (Lipinski definition) is 2. The molecular formula is C11H18N2O. The van der Waals surface area contributed by atoms with Gasteiger partial charge >= 0.3 is 0 Å². The molecule has 1 aliphatic rings. The average molecular weight is 194 g/mol. The maximum Gasteiger partial charge on any atom is 0.226 e. The first-order valence-electron chi connectivity index (χ1n) is 5.00. The van der Waals surface area contributed by atoms with E-state index in [0.29, 0.717) is 6.54 Å². The summed E-state index contributed by atoms with van der Waals surface area (Å²) in [6.45, 7) is 4.21. The van der Waals surface area contributed by atoms with Crippen molar-refractivity contribution in [2.24, 2.45) is 5.92 Å². The van der Waals surface area contributed by atoms with Gasteiger partial charge in [-0.05, 0) is 20.5 Å². The molecule has 0 saturated carbocycles. The Hall–Kier alpha value is -1.01. The molecule has 3 heteroatoms. The van der Waals surface area contributed by atoms with Gasteiger partial charge in [0, 0.05) is 12.5 Å². The molecule has 14 heavy (non-hydrogen) atoms. The molecule has 0 aliphatic carbocycles. The number of hydrogen-bond donors (Lipinski definition) is 0. The second-order valence-electron chi connectivity index (χ2n) is 4.04. The van der Waals surface area contributed by atoms with Crippen molar-refractivity contribution in [2.45, 2.75) is 13.3 Å². The Labute approximate surface area is 86.1 Å². The van der Waals surface area contributed by atoms with Gasteiger partial charge in [0.05, 0.1) is 13.1 Å². The van der Waals surface area contributed by atoms with Gasteiger partial charge in [-0.15, -0.1) is 0 Å². The summed E-state index contributed by atoms with van der Waals surface area (Å²) in [5.41, 5.74) is 0. The van der Waals surface area contributed by atoms with Crippen LogP contribution >= 0.6 is 0 Å². The van der Waals surface area contributed by atoms with Crippen LogP contribution in [0.3, 0.4) is 0 Å². The highest BCUT2D eigenvalue weighted by Crippen LogP contribution is 2.15. The molecule has 0 spiro atoms. The predicted molar refractivity (Wildman–Crippen MR) is 56.7 cm³/mol. The van der Waals surface area contributed by atoms with Crippen LogP contribution in [0.1, 0.15) is 13.3 Å². The summed E-state index contributed by atoms with van der Waals surface area (Å²) in [6.07, 6.45) is 0.980. The molecule has 1 atom stereocenters. The molecule has 1 amide bonds. The van der Waals surface area contributed by atoms with Gasteiger partial charge in [-0.25, -0.2) is 0 Å². The second kappa shape index (κ2) is 5.02. The van der Waals surface area contributed by atoms with Gasteiger partial charge in [-0.1, -0.05) is 18.8 Å². The van der Waals surface area contributed by atoms with Crippen molar-refractivity contribution in [1.82, 2.24) is 9.80 Å². The molecule has 0 bridgehead atoms. The Kier molecular flexibility index (Phi) is 3.97. The Morgan fingerprint density at radius 1 is 1.50 bits per heavy atom. The van der Waals surface area contributed by atoms with E-state index in [1.807, 2.05) is 30.8 Å². The third-order valence-corrected chi connectivity index (χ3v) is 2.36. The Bertz CT molecular complexity index is 262. The Balaban J connectivity index is 2.31. The third kappa shape index (κ3) is 3.04. The van der Waals surface area contributed by atoms with Crippen molar-refractivity contribution < 1.29 is 4.79 Å². The van der Waals surface area contributed by atoms with Crippen LogP contribution in [0.4, 0.5) is 0 Å². The summed E-state index contributed by atoms with van der Waals surface area (Å²) >= 11 is 0. The van der Waals surface area contributed by atoms with Crippen LogP contribution < -0.4 is 0 Å². The summed E-state index contributed by atoms with van der Waals surface area (Å²) in [7, 11) is 3.97. The fraction of sp³-hybridized carbons (Fsp3) is 0.727. The minimum atomic E-state index is 0.200. The molecule has 1 heterocycles. The van der Waals surface area contributed by atoms with Gasteiger partial charge in [0.15, 0.2) is 0 Å². The van der Waals surface area contributed by atoms with Crippen LogP contribution in [-0.2, 0) is 4.79 Å². The summed E-state index contributed by atoms with van der Waals surface area (Å²) in [6, 6.07) is 0. The molecule has 0 aromatic carbocycles. The van der Waals surface area contributed by atoms with Gasteiger partial charge in [-0.2, -0.15) is 0 Å². The SMILES string of the molecule is C[C@@H]1CCN(CC#CCN(C)C)C1=O. The van der Waals surface area contributed by atoms with E-state index in [9.17, 15) is 4.79 Å². The molecule has 0 radical (unpaired) electrons. The minimum absolute atomic E-state index is 0.200. The Morgan fingerprint density at radius 3 is 2.71 bits per heavy atom. The fourth-order valence-corrected chi connectivity index (χ4v) is 1.42. The monoisotopic (exact) mass is 194 g/mol. The molecule has 78 valence electrons. The number of carbonyl (C=O) groups is 1. The zero-order valence-corrected chi connectivity index (χ0v) is 9.21. The molecule has 1 rings (SSSR count). The molecule has 0 aromatic heterocycles. The van der Waals surface area contributed by atoms with Crippen LogP contribution in [0.5, 0.6) is 0 Å². The first kappa shape index (κ1) is 11.1. The zero-order chi connectivity index (χ0) is 10.6. The van der Waals surface area contributed by atoms with E-state index < -0.39 is 0 Å². The van der Waals surface area contributed by atoms with E-state index in [2.05, 4.69) is 11.8 Å². The van der Waals surface area contributed by atoms with Crippen molar-refractivity contribution in [1.29, 1.82) is 0 Å². The molecule has 0 unspecified atom stereocenters. The van der Waals surface area contributed by atoms with Gasteiger partial charge in [0.1, 0.15) is 0 Å². The normalized spacial score (nSPS) is 21.3. The van der Waals surface area contributed by atoms with Crippen molar-refractivity contribution in [3.8, 4) is 11.8 Å². The molecule has 1 aliphatic heterocycles. The summed E-state index contributed by atoms with van der Waals surface area (Å²) in [5.74, 6) is 6.51. The second-order valence-corrected chi connectivity index (χ2v) is 4.04. The quantitative estimate of drug-likeness (QED) is 0.595. The molecular weight excluding hydrogens is 176 g/mol. The summed E-state index contributed by atoms with van der Waals surface area (Å²) in [5, 5.41) is 0. The smallest absolute Gasteiger partial charge is 0.226 e. The zero-order valence-electron chi connectivity index (χ0n) is 9.21. The lowest BCUT2D eigenvalue weighted by Crippen LogP contribution is -2.27. The van der Waals surface area contributed by atoms with Crippen molar-refractivity contribution in [3.05, 3.63) is 0 Å². The first-order chi connectivity index (χ1) is 6.61. The molecule has 1 fully saturated rings. The van der Waals surface area contributed by atoms with E-state index in [-0.39, 0.29) is 11.8 Å². The topological polar surface area (TPSA) is 23.6 Å². The molecule has 3 nitrogen and oxygen atoms in total. The largest absolute Gasteiger partial charge is 0.331 e. The van der Waals surface area contributed by atoms with Crippen LogP contribution in [-0.4, -0.2) is 49.4 Å². The standard InChI is InChI=1S/C11H18N2O/c1-10-6-9-13(11(10)14)8-5-4-7-12(2)3/h10H,6-9H2,1-3H3/t10-/m1/s1. The van der Waals surface area contributed by atoms with Gasteiger partial charge < -0.3 is 4.90 Å². The van der Waals surface area contributed by atoms with E-state index in [1.165, 1.54) is 0 Å². The number of likely N-dealkylation sites (tertiary alicyclic amines) is 1. The minimum Gasteiger partial charge on any atom is -0.331 e. The number of amides is 1. The van der Waals surface area contributed by atoms with Gasteiger partial charge in [-0.3, -0.25) is 9.69 Å². The van der Waals surface area contributed by atoms with Crippen LogP contribution in [0.25, 0.3) is 0 Å². The van der Waals surface area contributed by atoms with E-state index in [0.717, 1.165) is 19.5 Å². The lowest BCUT2D eigenvalue weighted by molar-refractivity contribution is -0.129. The highest BCUT2D eigenvalue weighted by Gasteiger charge is 2.26. The summed E-state index contributed by atoms with van der Waals surface area (Å²) in [4.78, 5) is 15.3. The lowest BCUT2D eigenvalue weighted by atomic mass is 10.1. The van der Waals surface area contributed by atoms with Crippen molar-refractivity contribution >= 4 is 5.91 Å². The molecule has 0 aromatic rings. The van der Waals surface area contributed by atoms with E-state index in [1.54, 1.807) is 0 Å². The predicted octanol–water partition coefficient (Wildman–Crippen LogP) is 0.420. The fourth-order valence-electron chi connectivity index (χ4n) is 1.42. The lowest BCUT2D eigenvalue weighted by Gasteiger charge is -2.11. The average Bonchev–Trinajstić information content (AvgIpc) is 2.43. The molecule has 1 saturated heterocycles. The highest BCUT2D eigenvalue weighted by molar-refractivity contribution is 5.80. The van der Waals surface area contributed by atoms with E-state index >= 15 is 0 Å². The van der Waals surface area contributed by atoms with Gasteiger partial charge in [0.25, 0.3) is 0 Å². The summed E-state index contributed by atoms with van der Waals surface area (Å²) < 4.78 is 0. The number of nitrogens with zero attached hydrogens (tertiary/aromatic N) is 2. The van der Waals surface area contributed by atoms with Crippen LogP contribution in [0.2, 0.25) is 0 Å². The highest BCUT2D eigenvalue weighted by atomic mass is 16.2.